The van der Waals surface area contributed by atoms with Gasteiger partial charge in [0, 0.05) is 18.6 Å². The summed E-state index contributed by atoms with van der Waals surface area (Å²) in [6, 6.07) is 12.8. The Labute approximate surface area is 148 Å². The van der Waals surface area contributed by atoms with E-state index in [0.717, 1.165) is 12.8 Å². The molecule has 24 heavy (non-hydrogen) atoms. The SMILES string of the molecule is C[C@H](Cc1ccsc1)NC(=O)NCC(Cc1ccccc1)N(C)C. The van der Waals surface area contributed by atoms with Crippen LogP contribution in [0.25, 0.3) is 0 Å². The van der Waals surface area contributed by atoms with Gasteiger partial charge in [0.25, 0.3) is 0 Å². The van der Waals surface area contributed by atoms with Gasteiger partial charge < -0.3 is 15.5 Å². The van der Waals surface area contributed by atoms with E-state index in [1.54, 1.807) is 11.3 Å². The summed E-state index contributed by atoms with van der Waals surface area (Å²) in [5.74, 6) is 0. The maximum atomic E-state index is 12.1. The fraction of sp³-hybridized carbons (Fsp3) is 0.421. The lowest BCUT2D eigenvalue weighted by atomic mass is 10.1. The first-order valence-corrected chi connectivity index (χ1v) is 9.24. The maximum absolute atomic E-state index is 12.1. The molecule has 1 unspecified atom stereocenters. The highest BCUT2D eigenvalue weighted by atomic mass is 32.1. The van der Waals surface area contributed by atoms with Crippen LogP contribution in [-0.4, -0.2) is 43.7 Å². The highest BCUT2D eigenvalue weighted by Crippen LogP contribution is 2.09. The van der Waals surface area contributed by atoms with Crippen molar-refractivity contribution >= 4 is 17.4 Å². The van der Waals surface area contributed by atoms with Gasteiger partial charge in [-0.2, -0.15) is 11.3 Å². The molecular weight excluding hydrogens is 318 g/mol. The van der Waals surface area contributed by atoms with Gasteiger partial charge in [-0.05, 0) is 61.8 Å². The van der Waals surface area contributed by atoms with Crippen molar-refractivity contribution in [2.75, 3.05) is 20.6 Å². The molecule has 2 amide bonds. The third kappa shape index (κ3) is 6.34. The summed E-state index contributed by atoms with van der Waals surface area (Å²) < 4.78 is 0. The molecule has 0 bridgehead atoms. The average Bonchev–Trinajstić information content (AvgIpc) is 3.04. The third-order valence-corrected chi connectivity index (χ3v) is 4.77. The first-order chi connectivity index (χ1) is 11.5. The molecule has 1 heterocycles. The fourth-order valence-electron chi connectivity index (χ4n) is 2.62. The Bertz CT molecular complexity index is 598. The zero-order chi connectivity index (χ0) is 17.4. The van der Waals surface area contributed by atoms with Crippen LogP contribution in [0, 0.1) is 0 Å². The molecule has 0 fully saturated rings. The van der Waals surface area contributed by atoms with E-state index >= 15 is 0 Å². The van der Waals surface area contributed by atoms with Gasteiger partial charge in [0.2, 0.25) is 0 Å². The van der Waals surface area contributed by atoms with E-state index in [9.17, 15) is 4.79 Å². The first kappa shape index (κ1) is 18.5. The molecule has 0 spiro atoms. The Morgan fingerprint density at radius 3 is 2.50 bits per heavy atom. The molecule has 0 aliphatic heterocycles. The fourth-order valence-corrected chi connectivity index (χ4v) is 3.30. The minimum Gasteiger partial charge on any atom is -0.337 e. The van der Waals surface area contributed by atoms with Gasteiger partial charge in [0.05, 0.1) is 0 Å². The molecule has 2 N–H and O–H groups in total. The van der Waals surface area contributed by atoms with Crippen molar-refractivity contribution in [2.24, 2.45) is 0 Å². The van der Waals surface area contributed by atoms with Crippen molar-refractivity contribution in [2.45, 2.75) is 31.8 Å². The summed E-state index contributed by atoms with van der Waals surface area (Å²) in [6.07, 6.45) is 1.77. The molecular formula is C19H27N3OS. The minimum atomic E-state index is -0.0994. The van der Waals surface area contributed by atoms with Gasteiger partial charge in [-0.15, -0.1) is 0 Å². The summed E-state index contributed by atoms with van der Waals surface area (Å²) in [6.45, 7) is 2.66. The molecule has 2 rings (SSSR count). The standard InChI is InChI=1S/C19H27N3OS/c1-15(11-17-9-10-24-14-17)21-19(23)20-13-18(22(2)3)12-16-7-5-4-6-8-16/h4-10,14-15,18H,11-13H2,1-3H3,(H2,20,21,23)/t15-,18?/m1/s1. The van der Waals surface area contributed by atoms with E-state index in [-0.39, 0.29) is 18.1 Å². The van der Waals surface area contributed by atoms with E-state index in [4.69, 9.17) is 0 Å². The number of amides is 2. The number of carbonyl (C=O) groups excluding carboxylic acids is 1. The van der Waals surface area contributed by atoms with Crippen LogP contribution in [0.3, 0.4) is 0 Å². The zero-order valence-electron chi connectivity index (χ0n) is 14.7. The van der Waals surface area contributed by atoms with Crippen molar-refractivity contribution < 1.29 is 4.79 Å². The van der Waals surface area contributed by atoms with Crippen LogP contribution in [0.5, 0.6) is 0 Å². The van der Waals surface area contributed by atoms with Gasteiger partial charge >= 0.3 is 6.03 Å². The summed E-state index contributed by atoms with van der Waals surface area (Å²) in [5, 5.41) is 10.2. The van der Waals surface area contributed by atoms with Crippen molar-refractivity contribution in [1.29, 1.82) is 0 Å². The smallest absolute Gasteiger partial charge is 0.315 e. The first-order valence-electron chi connectivity index (χ1n) is 8.30. The van der Waals surface area contributed by atoms with Crippen LogP contribution in [0.1, 0.15) is 18.1 Å². The minimum absolute atomic E-state index is 0.0994. The average molecular weight is 346 g/mol. The van der Waals surface area contributed by atoms with E-state index in [1.807, 2.05) is 39.2 Å². The molecule has 1 aromatic heterocycles. The topological polar surface area (TPSA) is 44.4 Å². The van der Waals surface area contributed by atoms with Crippen molar-refractivity contribution in [3.63, 3.8) is 0 Å². The highest BCUT2D eigenvalue weighted by molar-refractivity contribution is 7.07. The molecule has 2 atom stereocenters. The van der Waals surface area contributed by atoms with Crippen molar-refractivity contribution in [3.05, 3.63) is 58.3 Å². The molecule has 0 saturated carbocycles. The van der Waals surface area contributed by atoms with E-state index in [1.165, 1.54) is 11.1 Å². The number of urea groups is 1. The second kappa shape index (κ2) is 9.45. The Morgan fingerprint density at radius 2 is 1.88 bits per heavy atom. The molecule has 130 valence electrons. The predicted molar refractivity (Wildman–Crippen MR) is 102 cm³/mol. The number of likely N-dealkylation sites (N-methyl/N-ethyl adjacent to an activating group) is 1. The van der Waals surface area contributed by atoms with Crippen LogP contribution in [0.2, 0.25) is 0 Å². The lowest BCUT2D eigenvalue weighted by molar-refractivity contribution is 0.229. The number of nitrogens with zero attached hydrogens (tertiary/aromatic N) is 1. The lowest BCUT2D eigenvalue weighted by Crippen LogP contribution is -2.47. The number of thiophene rings is 1. The zero-order valence-corrected chi connectivity index (χ0v) is 15.5. The molecule has 0 radical (unpaired) electrons. The van der Waals surface area contributed by atoms with Crippen molar-refractivity contribution in [1.82, 2.24) is 15.5 Å². The Balaban J connectivity index is 1.77. The van der Waals surface area contributed by atoms with Crippen LogP contribution in [-0.2, 0) is 12.8 Å². The van der Waals surface area contributed by atoms with E-state index in [2.05, 4.69) is 44.5 Å². The lowest BCUT2D eigenvalue weighted by Gasteiger charge is -2.25. The number of hydrogen-bond donors (Lipinski definition) is 2. The number of nitrogens with one attached hydrogen (secondary N) is 2. The van der Waals surface area contributed by atoms with Gasteiger partial charge in [0.15, 0.2) is 0 Å². The molecule has 0 saturated heterocycles. The summed E-state index contributed by atoms with van der Waals surface area (Å²) in [5.41, 5.74) is 2.55. The normalized spacial score (nSPS) is 13.5. The predicted octanol–water partition coefficient (Wildman–Crippen LogP) is 3.15. The highest BCUT2D eigenvalue weighted by Gasteiger charge is 2.14. The van der Waals surface area contributed by atoms with Crippen LogP contribution in [0.4, 0.5) is 4.79 Å². The Hall–Kier alpha value is -1.85. The van der Waals surface area contributed by atoms with Crippen LogP contribution >= 0.6 is 11.3 Å². The monoisotopic (exact) mass is 345 g/mol. The van der Waals surface area contributed by atoms with E-state index < -0.39 is 0 Å². The quantitative estimate of drug-likeness (QED) is 0.772. The maximum Gasteiger partial charge on any atom is 0.315 e. The number of benzene rings is 1. The van der Waals surface area contributed by atoms with E-state index in [0.29, 0.717) is 6.54 Å². The molecule has 0 aliphatic rings. The number of hydrogen-bond acceptors (Lipinski definition) is 3. The number of carbonyl (C=O) groups is 1. The largest absolute Gasteiger partial charge is 0.337 e. The van der Waals surface area contributed by atoms with Crippen LogP contribution < -0.4 is 10.6 Å². The second-order valence-electron chi connectivity index (χ2n) is 6.40. The molecule has 0 aliphatic carbocycles. The van der Waals surface area contributed by atoms with Gasteiger partial charge in [-0.25, -0.2) is 4.79 Å². The molecule has 5 heteroatoms. The Kier molecular flexibility index (Phi) is 7.28. The van der Waals surface area contributed by atoms with Gasteiger partial charge in [0.1, 0.15) is 0 Å². The van der Waals surface area contributed by atoms with Gasteiger partial charge in [-0.1, -0.05) is 30.3 Å². The molecule has 2 aromatic rings. The molecule has 1 aromatic carbocycles. The van der Waals surface area contributed by atoms with Crippen LogP contribution in [0.15, 0.2) is 47.2 Å². The summed E-state index contributed by atoms with van der Waals surface area (Å²) >= 11 is 1.68. The molecule has 4 nitrogen and oxygen atoms in total. The summed E-state index contributed by atoms with van der Waals surface area (Å²) in [4.78, 5) is 14.3. The second-order valence-corrected chi connectivity index (χ2v) is 7.18. The summed E-state index contributed by atoms with van der Waals surface area (Å²) in [7, 11) is 4.10. The third-order valence-electron chi connectivity index (χ3n) is 4.04. The number of rotatable bonds is 8. The Morgan fingerprint density at radius 1 is 1.12 bits per heavy atom. The van der Waals surface area contributed by atoms with Gasteiger partial charge in [-0.3, -0.25) is 0 Å². The van der Waals surface area contributed by atoms with Crippen molar-refractivity contribution in [3.8, 4) is 0 Å².